The van der Waals surface area contributed by atoms with E-state index < -0.39 is 5.97 Å². The molecule has 0 spiro atoms. The number of methoxy groups -OCH3 is 1. The summed E-state index contributed by atoms with van der Waals surface area (Å²) in [6, 6.07) is 10.8. The van der Waals surface area contributed by atoms with E-state index in [0.717, 1.165) is 17.1 Å². The highest BCUT2D eigenvalue weighted by atomic mass is 32.2. The number of hydrogen-bond acceptors (Lipinski definition) is 4. The average molecular weight is 275 g/mol. The van der Waals surface area contributed by atoms with Crippen molar-refractivity contribution in [3.63, 3.8) is 0 Å². The number of hydrogen-bond donors (Lipinski definition) is 1. The standard InChI is InChI=1S/C14H13NO3S/c1-18-12-4-2-10(3-5-12)9-19-13-8-11(14(16)17)6-7-15-13/h2-8H,9H2,1H3,(H,16,17). The number of rotatable bonds is 5. The lowest BCUT2D eigenvalue weighted by Gasteiger charge is -2.04. The summed E-state index contributed by atoms with van der Waals surface area (Å²) in [6.07, 6.45) is 1.51. The number of benzene rings is 1. The van der Waals surface area contributed by atoms with Crippen LogP contribution in [0.5, 0.6) is 5.75 Å². The first-order chi connectivity index (χ1) is 9.19. The number of aromatic carboxylic acids is 1. The molecular formula is C14H13NO3S. The topological polar surface area (TPSA) is 59.4 Å². The van der Waals surface area contributed by atoms with Crippen LogP contribution in [0.15, 0.2) is 47.6 Å². The maximum absolute atomic E-state index is 10.8. The first-order valence-electron chi connectivity index (χ1n) is 5.64. The zero-order valence-corrected chi connectivity index (χ0v) is 11.2. The van der Waals surface area contributed by atoms with Crippen LogP contribution in [0.1, 0.15) is 15.9 Å². The maximum atomic E-state index is 10.8. The number of pyridine rings is 1. The third kappa shape index (κ3) is 3.72. The molecule has 0 aliphatic heterocycles. The van der Waals surface area contributed by atoms with E-state index in [1.807, 2.05) is 24.3 Å². The Morgan fingerprint density at radius 1 is 1.32 bits per heavy atom. The Bertz CT molecular complexity index is 569. The van der Waals surface area contributed by atoms with Gasteiger partial charge in [0, 0.05) is 11.9 Å². The Kier molecular flexibility index (Phi) is 4.41. The fourth-order valence-corrected chi connectivity index (χ4v) is 2.35. The van der Waals surface area contributed by atoms with E-state index in [-0.39, 0.29) is 5.56 Å². The van der Waals surface area contributed by atoms with E-state index in [0.29, 0.717) is 5.03 Å². The van der Waals surface area contributed by atoms with Crippen LogP contribution in [-0.2, 0) is 5.75 Å². The maximum Gasteiger partial charge on any atom is 0.335 e. The van der Waals surface area contributed by atoms with E-state index >= 15 is 0 Å². The van der Waals surface area contributed by atoms with Crippen LogP contribution in [0.2, 0.25) is 0 Å². The largest absolute Gasteiger partial charge is 0.497 e. The van der Waals surface area contributed by atoms with Crippen LogP contribution in [0, 0.1) is 0 Å². The molecule has 5 heteroatoms. The molecule has 1 aromatic heterocycles. The first-order valence-corrected chi connectivity index (χ1v) is 6.62. The second kappa shape index (κ2) is 6.24. The molecule has 0 bridgehead atoms. The van der Waals surface area contributed by atoms with Crippen molar-refractivity contribution in [1.29, 1.82) is 0 Å². The van der Waals surface area contributed by atoms with Gasteiger partial charge in [-0.1, -0.05) is 12.1 Å². The van der Waals surface area contributed by atoms with Gasteiger partial charge in [0.15, 0.2) is 0 Å². The molecule has 19 heavy (non-hydrogen) atoms. The van der Waals surface area contributed by atoms with Gasteiger partial charge in [-0.25, -0.2) is 9.78 Å². The molecule has 1 N–H and O–H groups in total. The quantitative estimate of drug-likeness (QED) is 0.850. The SMILES string of the molecule is COc1ccc(CSc2cc(C(=O)O)ccn2)cc1. The van der Waals surface area contributed by atoms with Gasteiger partial charge < -0.3 is 9.84 Å². The van der Waals surface area contributed by atoms with Crippen LogP contribution in [-0.4, -0.2) is 23.2 Å². The summed E-state index contributed by atoms with van der Waals surface area (Å²) in [4.78, 5) is 15.0. The van der Waals surface area contributed by atoms with Crippen LogP contribution in [0.4, 0.5) is 0 Å². The molecular weight excluding hydrogens is 262 g/mol. The Morgan fingerprint density at radius 2 is 2.05 bits per heavy atom. The van der Waals surface area contributed by atoms with Gasteiger partial charge in [-0.05, 0) is 29.8 Å². The Hall–Kier alpha value is -2.01. The lowest BCUT2D eigenvalue weighted by Crippen LogP contribution is -1.96. The second-order valence-corrected chi connectivity index (χ2v) is 4.82. The summed E-state index contributed by atoms with van der Waals surface area (Å²) in [5, 5.41) is 9.61. The summed E-state index contributed by atoms with van der Waals surface area (Å²) < 4.78 is 5.09. The van der Waals surface area contributed by atoms with Crippen molar-refractivity contribution in [2.45, 2.75) is 10.8 Å². The third-order valence-electron chi connectivity index (χ3n) is 2.53. The average Bonchev–Trinajstić information content (AvgIpc) is 2.46. The minimum Gasteiger partial charge on any atom is -0.497 e. The first kappa shape index (κ1) is 13.4. The second-order valence-electron chi connectivity index (χ2n) is 3.82. The molecule has 0 amide bonds. The molecule has 0 fully saturated rings. The predicted molar refractivity (Wildman–Crippen MR) is 73.8 cm³/mol. The van der Waals surface area contributed by atoms with E-state index in [1.54, 1.807) is 13.2 Å². The highest BCUT2D eigenvalue weighted by molar-refractivity contribution is 7.98. The Labute approximate surface area is 115 Å². The minimum absolute atomic E-state index is 0.257. The zero-order chi connectivity index (χ0) is 13.7. The molecule has 1 aromatic carbocycles. The van der Waals surface area contributed by atoms with Crippen molar-refractivity contribution in [2.75, 3.05) is 7.11 Å². The van der Waals surface area contributed by atoms with Crippen molar-refractivity contribution in [3.05, 3.63) is 53.7 Å². The lowest BCUT2D eigenvalue weighted by atomic mass is 10.2. The number of thioether (sulfide) groups is 1. The number of carbonyl (C=O) groups is 1. The van der Waals surface area contributed by atoms with Crippen LogP contribution in [0.25, 0.3) is 0 Å². The molecule has 4 nitrogen and oxygen atoms in total. The normalized spacial score (nSPS) is 10.2. The smallest absolute Gasteiger partial charge is 0.335 e. The summed E-state index contributed by atoms with van der Waals surface area (Å²) in [6.45, 7) is 0. The van der Waals surface area contributed by atoms with Gasteiger partial charge in [-0.2, -0.15) is 0 Å². The van der Waals surface area contributed by atoms with Crippen molar-refractivity contribution in [1.82, 2.24) is 4.98 Å². The number of carboxylic acids is 1. The van der Waals surface area contributed by atoms with Crippen molar-refractivity contribution < 1.29 is 14.6 Å². The number of carboxylic acid groups (broad SMARTS) is 1. The molecule has 2 rings (SSSR count). The van der Waals surface area contributed by atoms with Crippen LogP contribution >= 0.6 is 11.8 Å². The fourth-order valence-electron chi connectivity index (χ4n) is 1.50. The van der Waals surface area contributed by atoms with E-state index in [4.69, 9.17) is 9.84 Å². The van der Waals surface area contributed by atoms with Gasteiger partial charge in [-0.3, -0.25) is 0 Å². The number of nitrogens with zero attached hydrogens (tertiary/aromatic N) is 1. The van der Waals surface area contributed by atoms with Crippen LogP contribution in [0.3, 0.4) is 0 Å². The summed E-state index contributed by atoms with van der Waals surface area (Å²) in [5.74, 6) is 0.619. The Balaban J connectivity index is 2.01. The summed E-state index contributed by atoms with van der Waals surface area (Å²) in [7, 11) is 1.63. The van der Waals surface area contributed by atoms with E-state index in [1.165, 1.54) is 24.0 Å². The molecule has 0 saturated carbocycles. The predicted octanol–water partition coefficient (Wildman–Crippen LogP) is 3.08. The molecule has 0 aliphatic carbocycles. The zero-order valence-electron chi connectivity index (χ0n) is 10.4. The highest BCUT2D eigenvalue weighted by Crippen LogP contribution is 2.22. The van der Waals surface area contributed by atoms with Gasteiger partial charge in [-0.15, -0.1) is 11.8 Å². The lowest BCUT2D eigenvalue weighted by molar-refractivity contribution is 0.0696. The van der Waals surface area contributed by atoms with Crippen molar-refractivity contribution in [2.24, 2.45) is 0 Å². The monoisotopic (exact) mass is 275 g/mol. The van der Waals surface area contributed by atoms with Crippen molar-refractivity contribution in [3.8, 4) is 5.75 Å². The molecule has 0 unspecified atom stereocenters. The van der Waals surface area contributed by atoms with E-state index in [9.17, 15) is 4.79 Å². The van der Waals surface area contributed by atoms with Crippen LogP contribution < -0.4 is 4.74 Å². The number of aromatic nitrogens is 1. The van der Waals surface area contributed by atoms with Gasteiger partial charge in [0.05, 0.1) is 17.7 Å². The molecule has 0 saturated heterocycles. The van der Waals surface area contributed by atoms with Gasteiger partial charge in [0.25, 0.3) is 0 Å². The summed E-state index contributed by atoms with van der Waals surface area (Å²) >= 11 is 1.50. The fraction of sp³-hybridized carbons (Fsp3) is 0.143. The molecule has 2 aromatic rings. The number of ether oxygens (including phenoxy) is 1. The van der Waals surface area contributed by atoms with Gasteiger partial charge in [0.1, 0.15) is 5.75 Å². The molecule has 0 aliphatic rings. The third-order valence-corrected chi connectivity index (χ3v) is 3.52. The minimum atomic E-state index is -0.936. The molecule has 0 radical (unpaired) electrons. The van der Waals surface area contributed by atoms with Gasteiger partial charge in [0.2, 0.25) is 0 Å². The van der Waals surface area contributed by atoms with Crippen molar-refractivity contribution >= 4 is 17.7 Å². The molecule has 0 atom stereocenters. The Morgan fingerprint density at radius 3 is 2.68 bits per heavy atom. The highest BCUT2D eigenvalue weighted by Gasteiger charge is 2.05. The molecule has 98 valence electrons. The summed E-state index contributed by atoms with van der Waals surface area (Å²) in [5.41, 5.74) is 1.39. The van der Waals surface area contributed by atoms with Gasteiger partial charge >= 0.3 is 5.97 Å². The van der Waals surface area contributed by atoms with E-state index in [2.05, 4.69) is 4.98 Å². The molecule has 1 heterocycles.